The van der Waals surface area contributed by atoms with E-state index in [-0.39, 0.29) is 18.4 Å². The Morgan fingerprint density at radius 2 is 1.75 bits per heavy atom. The minimum absolute atomic E-state index is 0.0145. The van der Waals surface area contributed by atoms with Crippen LogP contribution < -0.4 is 14.8 Å². The number of hydrogen-bond acceptors (Lipinski definition) is 4. The third-order valence-electron chi connectivity index (χ3n) is 5.31. The van der Waals surface area contributed by atoms with Crippen molar-refractivity contribution in [1.29, 1.82) is 0 Å². The maximum absolute atomic E-state index is 13.0. The van der Waals surface area contributed by atoms with E-state index in [1.54, 1.807) is 30.3 Å². The van der Waals surface area contributed by atoms with E-state index in [0.717, 1.165) is 16.9 Å². The van der Waals surface area contributed by atoms with E-state index in [9.17, 15) is 9.59 Å². The quantitative estimate of drug-likeness (QED) is 0.579. The average Bonchev–Trinajstić information content (AvgIpc) is 2.82. The maximum Gasteiger partial charge on any atom is 0.262 e. The van der Waals surface area contributed by atoms with Gasteiger partial charge in [-0.15, -0.1) is 0 Å². The van der Waals surface area contributed by atoms with Gasteiger partial charge in [0.05, 0.1) is 6.61 Å². The van der Waals surface area contributed by atoms with Gasteiger partial charge in [0.15, 0.2) is 6.61 Å². The molecule has 164 valence electrons. The molecule has 0 aliphatic carbocycles. The van der Waals surface area contributed by atoms with E-state index in [2.05, 4.69) is 5.32 Å². The molecule has 0 unspecified atom stereocenters. The van der Waals surface area contributed by atoms with Gasteiger partial charge in [-0.25, -0.2) is 0 Å². The van der Waals surface area contributed by atoms with Gasteiger partial charge in [-0.2, -0.15) is 0 Å². The van der Waals surface area contributed by atoms with Crippen molar-refractivity contribution in [2.24, 2.45) is 0 Å². The number of anilines is 1. The van der Waals surface area contributed by atoms with Crippen LogP contribution in [0.25, 0.3) is 0 Å². The molecular formula is C26H26N2O4. The number of nitrogens with zero attached hydrogens (tertiary/aromatic N) is 1. The van der Waals surface area contributed by atoms with Crippen molar-refractivity contribution in [3.63, 3.8) is 0 Å². The molecule has 1 heterocycles. The van der Waals surface area contributed by atoms with Crippen molar-refractivity contribution >= 4 is 17.5 Å². The fourth-order valence-corrected chi connectivity index (χ4v) is 3.77. The molecule has 0 atom stereocenters. The van der Waals surface area contributed by atoms with Gasteiger partial charge in [-0.1, -0.05) is 36.4 Å². The molecule has 3 aromatic carbocycles. The van der Waals surface area contributed by atoms with Crippen molar-refractivity contribution in [3.8, 4) is 11.5 Å². The zero-order valence-electron chi connectivity index (χ0n) is 18.0. The first-order valence-electron chi connectivity index (χ1n) is 10.7. The van der Waals surface area contributed by atoms with Gasteiger partial charge < -0.3 is 19.7 Å². The number of amides is 2. The van der Waals surface area contributed by atoms with Crippen molar-refractivity contribution in [3.05, 3.63) is 89.5 Å². The first-order chi connectivity index (χ1) is 15.6. The molecular weight excluding hydrogens is 404 g/mol. The lowest BCUT2D eigenvalue weighted by atomic mass is 9.97. The van der Waals surface area contributed by atoms with E-state index in [0.29, 0.717) is 43.1 Å². The highest BCUT2D eigenvalue weighted by atomic mass is 16.5. The molecule has 32 heavy (non-hydrogen) atoms. The molecule has 0 spiro atoms. The Hall–Kier alpha value is -3.80. The summed E-state index contributed by atoms with van der Waals surface area (Å²) in [5.74, 6) is 1.06. The van der Waals surface area contributed by atoms with Crippen LogP contribution in [0.5, 0.6) is 11.5 Å². The largest absolute Gasteiger partial charge is 0.494 e. The van der Waals surface area contributed by atoms with Crippen LogP contribution in [0.1, 0.15) is 28.4 Å². The highest BCUT2D eigenvalue weighted by molar-refractivity contribution is 5.97. The van der Waals surface area contributed by atoms with E-state index >= 15 is 0 Å². The monoisotopic (exact) mass is 430 g/mol. The smallest absolute Gasteiger partial charge is 0.262 e. The summed E-state index contributed by atoms with van der Waals surface area (Å²) in [5, 5.41) is 2.81. The molecule has 6 nitrogen and oxygen atoms in total. The summed E-state index contributed by atoms with van der Waals surface area (Å²) in [6.45, 7) is 3.57. The molecule has 3 aromatic rings. The summed E-state index contributed by atoms with van der Waals surface area (Å²) in [4.78, 5) is 27.2. The van der Waals surface area contributed by atoms with Crippen LogP contribution in [0.3, 0.4) is 0 Å². The van der Waals surface area contributed by atoms with E-state index < -0.39 is 0 Å². The van der Waals surface area contributed by atoms with Gasteiger partial charge in [-0.3, -0.25) is 9.59 Å². The number of hydrogen-bond donors (Lipinski definition) is 1. The highest BCUT2D eigenvalue weighted by Gasteiger charge is 2.26. The van der Waals surface area contributed by atoms with E-state index in [4.69, 9.17) is 9.47 Å². The lowest BCUT2D eigenvalue weighted by molar-refractivity contribution is -0.118. The molecule has 2 amide bonds. The Bertz CT molecular complexity index is 1080. The lowest BCUT2D eigenvalue weighted by Crippen LogP contribution is -2.37. The van der Waals surface area contributed by atoms with E-state index in [1.165, 1.54) is 0 Å². The van der Waals surface area contributed by atoms with Gasteiger partial charge in [0.2, 0.25) is 0 Å². The van der Waals surface area contributed by atoms with Crippen molar-refractivity contribution in [1.82, 2.24) is 4.90 Å². The fourth-order valence-electron chi connectivity index (χ4n) is 3.77. The minimum Gasteiger partial charge on any atom is -0.494 e. The molecule has 0 fully saturated rings. The van der Waals surface area contributed by atoms with Crippen LogP contribution in [0.2, 0.25) is 0 Å². The number of nitrogens with one attached hydrogen (secondary N) is 1. The number of carbonyl (C=O) groups excluding carboxylic acids is 2. The normalized spacial score (nSPS) is 12.8. The molecule has 0 bridgehead atoms. The van der Waals surface area contributed by atoms with Crippen molar-refractivity contribution in [2.45, 2.75) is 19.9 Å². The Morgan fingerprint density at radius 3 is 2.50 bits per heavy atom. The second-order valence-corrected chi connectivity index (χ2v) is 7.54. The van der Waals surface area contributed by atoms with Gasteiger partial charge in [0, 0.05) is 29.9 Å². The zero-order chi connectivity index (χ0) is 22.3. The van der Waals surface area contributed by atoms with Crippen LogP contribution in [0, 0.1) is 0 Å². The SMILES string of the molecule is CCOc1ccc(NC(=O)COc2cccc3c2CCN(Cc2ccccc2)C3=O)cc1. The third kappa shape index (κ3) is 5.09. The summed E-state index contributed by atoms with van der Waals surface area (Å²) in [6, 6.07) is 22.6. The molecule has 6 heteroatoms. The van der Waals surface area contributed by atoms with Gasteiger partial charge in [0.25, 0.3) is 11.8 Å². The Labute approximate surface area is 187 Å². The first kappa shape index (κ1) is 21.4. The Morgan fingerprint density at radius 1 is 0.969 bits per heavy atom. The summed E-state index contributed by atoms with van der Waals surface area (Å²) >= 11 is 0. The van der Waals surface area contributed by atoms with Crippen LogP contribution in [0.15, 0.2) is 72.8 Å². The average molecular weight is 431 g/mol. The minimum atomic E-state index is -0.264. The first-order valence-corrected chi connectivity index (χ1v) is 10.7. The number of benzene rings is 3. The van der Waals surface area contributed by atoms with Gasteiger partial charge in [0.1, 0.15) is 11.5 Å². The number of carbonyl (C=O) groups is 2. The Balaban J connectivity index is 1.37. The summed E-state index contributed by atoms with van der Waals surface area (Å²) in [5.41, 5.74) is 3.26. The molecule has 1 aliphatic rings. The fraction of sp³-hybridized carbons (Fsp3) is 0.231. The summed E-state index contributed by atoms with van der Waals surface area (Å²) in [6.07, 6.45) is 0.685. The molecule has 1 aliphatic heterocycles. The number of ether oxygens (including phenoxy) is 2. The predicted octanol–water partition coefficient (Wildman–Crippen LogP) is 4.30. The van der Waals surface area contributed by atoms with Gasteiger partial charge >= 0.3 is 0 Å². The molecule has 4 rings (SSSR count). The van der Waals surface area contributed by atoms with Gasteiger partial charge in [-0.05, 0) is 55.3 Å². The van der Waals surface area contributed by atoms with Crippen LogP contribution in [-0.4, -0.2) is 36.5 Å². The van der Waals surface area contributed by atoms with Crippen LogP contribution >= 0.6 is 0 Å². The standard InChI is InChI=1S/C26H26N2O4/c1-2-31-21-13-11-20(12-14-21)27-25(29)18-32-24-10-6-9-23-22(24)15-16-28(26(23)30)17-19-7-4-3-5-8-19/h3-14H,2,15-18H2,1H3,(H,27,29). The zero-order valence-corrected chi connectivity index (χ0v) is 18.0. The lowest BCUT2D eigenvalue weighted by Gasteiger charge is -2.29. The second kappa shape index (κ2) is 10.0. The third-order valence-corrected chi connectivity index (χ3v) is 5.31. The predicted molar refractivity (Wildman–Crippen MR) is 123 cm³/mol. The number of rotatable bonds is 8. The summed E-state index contributed by atoms with van der Waals surface area (Å²) < 4.78 is 11.2. The Kier molecular flexibility index (Phi) is 6.70. The molecule has 0 saturated carbocycles. The molecule has 0 aromatic heterocycles. The van der Waals surface area contributed by atoms with Crippen LogP contribution in [-0.2, 0) is 17.8 Å². The maximum atomic E-state index is 13.0. The van der Waals surface area contributed by atoms with Crippen molar-refractivity contribution < 1.29 is 19.1 Å². The van der Waals surface area contributed by atoms with Crippen molar-refractivity contribution in [2.75, 3.05) is 25.1 Å². The summed E-state index contributed by atoms with van der Waals surface area (Å²) in [7, 11) is 0. The second-order valence-electron chi connectivity index (χ2n) is 7.54. The van der Waals surface area contributed by atoms with Crippen LogP contribution in [0.4, 0.5) is 5.69 Å². The highest BCUT2D eigenvalue weighted by Crippen LogP contribution is 2.29. The topological polar surface area (TPSA) is 67.9 Å². The molecule has 0 radical (unpaired) electrons. The molecule has 1 N–H and O–H groups in total. The molecule has 0 saturated heterocycles. The number of fused-ring (bicyclic) bond motifs is 1. The van der Waals surface area contributed by atoms with E-state index in [1.807, 2.05) is 54.3 Å².